The molecule has 96 valence electrons. The molecule has 18 heavy (non-hydrogen) atoms. The smallest absolute Gasteiger partial charge is 0.231 e. The number of benzene rings is 1. The monoisotopic (exact) mass is 288 g/mol. The summed E-state index contributed by atoms with van der Waals surface area (Å²) in [7, 11) is 0. The normalized spacial score (nSPS) is 22.2. The van der Waals surface area contributed by atoms with E-state index >= 15 is 0 Å². The molecule has 2 rings (SSSR count). The second-order valence-corrected chi connectivity index (χ2v) is 4.95. The third-order valence-corrected chi connectivity index (χ3v) is 3.25. The fourth-order valence-electron chi connectivity index (χ4n) is 1.78. The molecule has 0 aliphatic heterocycles. The molecule has 3 N–H and O–H groups in total. The van der Waals surface area contributed by atoms with E-state index in [1.54, 1.807) is 12.2 Å². The lowest BCUT2D eigenvalue weighted by atomic mass is 10.1. The maximum Gasteiger partial charge on any atom is 0.231 e. The molecule has 1 aliphatic carbocycles. The first-order chi connectivity index (χ1) is 8.47. The van der Waals surface area contributed by atoms with Gasteiger partial charge in [0.25, 0.3) is 0 Å². The van der Waals surface area contributed by atoms with Crippen LogP contribution in [-0.2, 0) is 4.79 Å². The standard InChI is InChI=1S/C12H11Cl2FN2O/c13-9-4-8(5-10(14)11(9)15)17-12(18)6-1-2-7(16)3-6/h1-2,4-7H,3,16H2,(H,17,18). The van der Waals surface area contributed by atoms with Crippen LogP contribution in [0.3, 0.4) is 0 Å². The first-order valence-electron chi connectivity index (χ1n) is 5.36. The molecule has 1 aromatic rings. The quantitative estimate of drug-likeness (QED) is 0.649. The van der Waals surface area contributed by atoms with Gasteiger partial charge in [-0.05, 0) is 18.6 Å². The van der Waals surface area contributed by atoms with Crippen LogP contribution in [0.25, 0.3) is 0 Å². The highest BCUT2D eigenvalue weighted by molar-refractivity contribution is 6.35. The van der Waals surface area contributed by atoms with Crippen LogP contribution in [0.2, 0.25) is 10.0 Å². The SMILES string of the molecule is NC1C=CC(C(=O)Nc2cc(Cl)c(F)c(Cl)c2)C1. The van der Waals surface area contributed by atoms with Crippen LogP contribution in [0.4, 0.5) is 10.1 Å². The number of anilines is 1. The molecule has 6 heteroatoms. The number of halogens is 3. The minimum atomic E-state index is -0.695. The number of amides is 1. The van der Waals surface area contributed by atoms with E-state index < -0.39 is 5.82 Å². The van der Waals surface area contributed by atoms with Crippen molar-refractivity contribution in [2.45, 2.75) is 12.5 Å². The summed E-state index contributed by atoms with van der Waals surface area (Å²) >= 11 is 11.3. The van der Waals surface area contributed by atoms with E-state index in [4.69, 9.17) is 28.9 Å². The Morgan fingerprint density at radius 1 is 1.33 bits per heavy atom. The molecule has 0 fully saturated rings. The first kappa shape index (κ1) is 13.3. The predicted octanol–water partition coefficient (Wildman–Crippen LogP) is 2.97. The Kier molecular flexibility index (Phi) is 3.90. The number of nitrogens with one attached hydrogen (secondary N) is 1. The van der Waals surface area contributed by atoms with Gasteiger partial charge in [-0.1, -0.05) is 35.4 Å². The molecule has 0 bridgehead atoms. The van der Waals surface area contributed by atoms with Crippen molar-refractivity contribution in [1.29, 1.82) is 0 Å². The van der Waals surface area contributed by atoms with E-state index in [2.05, 4.69) is 5.32 Å². The molecule has 2 unspecified atom stereocenters. The van der Waals surface area contributed by atoms with E-state index in [0.29, 0.717) is 12.1 Å². The average molecular weight is 289 g/mol. The van der Waals surface area contributed by atoms with E-state index in [-0.39, 0.29) is 27.9 Å². The highest BCUT2D eigenvalue weighted by Gasteiger charge is 2.23. The van der Waals surface area contributed by atoms with Crippen molar-refractivity contribution >= 4 is 34.8 Å². The van der Waals surface area contributed by atoms with Crippen molar-refractivity contribution in [2.75, 3.05) is 5.32 Å². The van der Waals surface area contributed by atoms with Crippen LogP contribution in [0, 0.1) is 11.7 Å². The van der Waals surface area contributed by atoms with Crippen molar-refractivity contribution in [1.82, 2.24) is 0 Å². The van der Waals surface area contributed by atoms with Gasteiger partial charge in [-0.3, -0.25) is 4.79 Å². The number of hydrogen-bond donors (Lipinski definition) is 2. The molecule has 0 saturated heterocycles. The van der Waals surface area contributed by atoms with E-state index in [9.17, 15) is 9.18 Å². The number of carbonyl (C=O) groups is 1. The summed E-state index contributed by atoms with van der Waals surface area (Å²) in [6.07, 6.45) is 4.11. The molecule has 1 aliphatic rings. The highest BCUT2D eigenvalue weighted by Crippen LogP contribution is 2.28. The van der Waals surface area contributed by atoms with E-state index in [1.165, 1.54) is 12.1 Å². The van der Waals surface area contributed by atoms with Gasteiger partial charge in [0, 0.05) is 11.7 Å². The third-order valence-electron chi connectivity index (χ3n) is 2.70. The molecule has 1 amide bonds. The fourth-order valence-corrected chi connectivity index (χ4v) is 2.27. The second kappa shape index (κ2) is 5.26. The zero-order valence-electron chi connectivity index (χ0n) is 9.29. The van der Waals surface area contributed by atoms with Crippen molar-refractivity contribution in [3.8, 4) is 0 Å². The molecular weight excluding hydrogens is 278 g/mol. The molecule has 0 aromatic heterocycles. The van der Waals surface area contributed by atoms with Crippen molar-refractivity contribution in [2.24, 2.45) is 11.7 Å². The minimum Gasteiger partial charge on any atom is -0.325 e. The zero-order chi connectivity index (χ0) is 13.3. The molecular formula is C12H11Cl2FN2O. The fraction of sp³-hybridized carbons (Fsp3) is 0.250. The lowest BCUT2D eigenvalue weighted by Gasteiger charge is -2.11. The number of nitrogens with two attached hydrogens (primary N) is 1. The summed E-state index contributed by atoms with van der Waals surface area (Å²) in [4.78, 5) is 11.9. The molecule has 2 atom stereocenters. The molecule has 0 radical (unpaired) electrons. The summed E-state index contributed by atoms with van der Waals surface area (Å²) in [5.41, 5.74) is 6.03. The van der Waals surface area contributed by atoms with Crippen LogP contribution in [0.1, 0.15) is 6.42 Å². The summed E-state index contributed by atoms with van der Waals surface area (Å²) < 4.78 is 13.2. The average Bonchev–Trinajstić information content (AvgIpc) is 2.72. The van der Waals surface area contributed by atoms with Gasteiger partial charge < -0.3 is 11.1 Å². The molecule has 0 spiro atoms. The summed E-state index contributed by atoms with van der Waals surface area (Å²) in [6, 6.07) is 2.54. The van der Waals surface area contributed by atoms with Gasteiger partial charge in [-0.15, -0.1) is 0 Å². The Hall–Kier alpha value is -1.10. The topological polar surface area (TPSA) is 55.1 Å². The zero-order valence-corrected chi connectivity index (χ0v) is 10.8. The van der Waals surface area contributed by atoms with Gasteiger partial charge in [0.2, 0.25) is 5.91 Å². The number of rotatable bonds is 2. The Morgan fingerprint density at radius 3 is 2.44 bits per heavy atom. The van der Waals surface area contributed by atoms with Gasteiger partial charge in [0.05, 0.1) is 16.0 Å². The van der Waals surface area contributed by atoms with E-state index in [1.807, 2.05) is 0 Å². The van der Waals surface area contributed by atoms with E-state index in [0.717, 1.165) is 0 Å². The van der Waals surface area contributed by atoms with Gasteiger partial charge in [-0.2, -0.15) is 0 Å². The molecule has 1 aromatic carbocycles. The lowest BCUT2D eigenvalue weighted by molar-refractivity contribution is -0.118. The third kappa shape index (κ3) is 2.83. The van der Waals surface area contributed by atoms with Gasteiger partial charge >= 0.3 is 0 Å². The summed E-state index contributed by atoms with van der Waals surface area (Å²) in [5, 5.41) is 2.38. The first-order valence-corrected chi connectivity index (χ1v) is 6.12. The molecule has 0 heterocycles. The lowest BCUT2D eigenvalue weighted by Crippen LogP contribution is -2.24. The Morgan fingerprint density at radius 2 is 1.94 bits per heavy atom. The molecule has 3 nitrogen and oxygen atoms in total. The maximum atomic E-state index is 13.2. The predicted molar refractivity (Wildman–Crippen MR) is 70.3 cm³/mol. The van der Waals surface area contributed by atoms with Gasteiger partial charge in [0.15, 0.2) is 5.82 Å². The van der Waals surface area contributed by atoms with Crippen molar-refractivity contribution < 1.29 is 9.18 Å². The molecule has 0 saturated carbocycles. The number of hydrogen-bond acceptors (Lipinski definition) is 2. The number of carbonyl (C=O) groups excluding carboxylic acids is 1. The highest BCUT2D eigenvalue weighted by atomic mass is 35.5. The van der Waals surface area contributed by atoms with Gasteiger partial charge in [0.1, 0.15) is 0 Å². The van der Waals surface area contributed by atoms with Crippen LogP contribution in [0.5, 0.6) is 0 Å². The Bertz CT molecular complexity index is 496. The van der Waals surface area contributed by atoms with Gasteiger partial charge in [-0.25, -0.2) is 4.39 Å². The van der Waals surface area contributed by atoms with Crippen LogP contribution in [0.15, 0.2) is 24.3 Å². The van der Waals surface area contributed by atoms with Crippen LogP contribution in [-0.4, -0.2) is 11.9 Å². The largest absolute Gasteiger partial charge is 0.325 e. The second-order valence-electron chi connectivity index (χ2n) is 4.13. The van der Waals surface area contributed by atoms with Crippen LogP contribution < -0.4 is 11.1 Å². The van der Waals surface area contributed by atoms with Crippen LogP contribution >= 0.6 is 23.2 Å². The maximum absolute atomic E-state index is 13.2. The Labute approximate surface area is 114 Å². The van der Waals surface area contributed by atoms with Crippen molar-refractivity contribution in [3.05, 3.63) is 40.1 Å². The minimum absolute atomic E-state index is 0.0962. The van der Waals surface area contributed by atoms with Crippen molar-refractivity contribution in [3.63, 3.8) is 0 Å². The Balaban J connectivity index is 2.10. The summed E-state index contributed by atoms with van der Waals surface area (Å²) in [5.74, 6) is -1.18. The summed E-state index contributed by atoms with van der Waals surface area (Å²) in [6.45, 7) is 0.